The van der Waals surface area contributed by atoms with Gasteiger partial charge in [-0.15, -0.1) is 11.3 Å². The van der Waals surface area contributed by atoms with Crippen LogP contribution in [0.4, 0.5) is 0 Å². The van der Waals surface area contributed by atoms with Crippen molar-refractivity contribution in [2.45, 2.75) is 32.4 Å². The number of aromatic nitrogens is 1. The number of amides is 1. The molecule has 1 amide bonds. The maximum Gasteiger partial charge on any atom is 0.240 e. The fourth-order valence-corrected chi connectivity index (χ4v) is 3.68. The van der Waals surface area contributed by atoms with E-state index in [1.165, 1.54) is 0 Å². The molecule has 0 aromatic carbocycles. The molecule has 0 spiro atoms. The van der Waals surface area contributed by atoms with Gasteiger partial charge in [0.05, 0.1) is 16.7 Å². The third-order valence-corrected chi connectivity index (χ3v) is 4.93. The monoisotopic (exact) mass is 294 g/mol. The number of likely N-dealkylation sites (tertiary alicyclic amines) is 1. The molecule has 0 bridgehead atoms. The zero-order chi connectivity index (χ0) is 13.9. The maximum atomic E-state index is 12.6. The van der Waals surface area contributed by atoms with Gasteiger partial charge in [0.1, 0.15) is 0 Å². The molecule has 1 aromatic rings. The minimum Gasteiger partial charge on any atom is -0.339 e. The molecule has 1 unspecified atom stereocenters. The molecule has 3 heterocycles. The van der Waals surface area contributed by atoms with E-state index in [-0.39, 0.29) is 6.04 Å². The second kappa shape index (κ2) is 6.20. The van der Waals surface area contributed by atoms with Gasteiger partial charge in [0.2, 0.25) is 5.91 Å². The van der Waals surface area contributed by atoms with Gasteiger partial charge in [-0.25, -0.2) is 4.98 Å². The molecule has 2 saturated heterocycles. The normalized spacial score (nSPS) is 24.2. The molecular formula is C14H22N4OS. The zero-order valence-corrected chi connectivity index (χ0v) is 12.8. The lowest BCUT2D eigenvalue weighted by Gasteiger charge is -2.32. The molecule has 110 valence electrons. The Balaban J connectivity index is 1.63. The predicted molar refractivity (Wildman–Crippen MR) is 79.7 cm³/mol. The van der Waals surface area contributed by atoms with Gasteiger partial charge in [-0.1, -0.05) is 0 Å². The van der Waals surface area contributed by atoms with E-state index >= 15 is 0 Å². The number of piperazine rings is 1. The highest BCUT2D eigenvalue weighted by Crippen LogP contribution is 2.22. The molecule has 20 heavy (non-hydrogen) atoms. The first-order valence-corrected chi connectivity index (χ1v) is 8.26. The summed E-state index contributed by atoms with van der Waals surface area (Å²) >= 11 is 1.68. The van der Waals surface area contributed by atoms with Gasteiger partial charge in [-0.3, -0.25) is 9.69 Å². The van der Waals surface area contributed by atoms with E-state index in [2.05, 4.69) is 20.6 Å². The van der Waals surface area contributed by atoms with Crippen LogP contribution in [0.2, 0.25) is 0 Å². The topological polar surface area (TPSA) is 48.5 Å². The van der Waals surface area contributed by atoms with Gasteiger partial charge in [0.15, 0.2) is 0 Å². The van der Waals surface area contributed by atoms with E-state index in [1.807, 2.05) is 11.8 Å². The molecular weight excluding hydrogens is 272 g/mol. The van der Waals surface area contributed by atoms with Crippen LogP contribution in [-0.4, -0.2) is 59.5 Å². The summed E-state index contributed by atoms with van der Waals surface area (Å²) in [6.45, 7) is 7.39. The Bertz CT molecular complexity index is 469. The molecule has 2 fully saturated rings. The SMILES string of the molecule is Cc1nc(CN2CCCC2C(=O)N2CCNCC2)cs1. The Morgan fingerprint density at radius 1 is 1.45 bits per heavy atom. The summed E-state index contributed by atoms with van der Waals surface area (Å²) in [6, 6.07) is 0.0649. The highest BCUT2D eigenvalue weighted by molar-refractivity contribution is 7.09. The van der Waals surface area contributed by atoms with Crippen LogP contribution in [0.1, 0.15) is 23.5 Å². The Hall–Kier alpha value is -0.980. The number of thiazole rings is 1. The highest BCUT2D eigenvalue weighted by atomic mass is 32.1. The van der Waals surface area contributed by atoms with Crippen molar-refractivity contribution in [1.29, 1.82) is 0 Å². The molecule has 6 heteroatoms. The number of aryl methyl sites for hydroxylation is 1. The van der Waals surface area contributed by atoms with Crippen LogP contribution in [0.5, 0.6) is 0 Å². The van der Waals surface area contributed by atoms with E-state index < -0.39 is 0 Å². The number of rotatable bonds is 3. The standard InChI is InChI=1S/C14H22N4OS/c1-11-16-12(10-20-11)9-18-6-2-3-13(18)14(19)17-7-4-15-5-8-17/h10,13,15H,2-9H2,1H3. The number of carbonyl (C=O) groups is 1. The first kappa shape index (κ1) is 14.0. The van der Waals surface area contributed by atoms with Crippen LogP contribution in [0.15, 0.2) is 5.38 Å². The summed E-state index contributed by atoms with van der Waals surface area (Å²) in [6.07, 6.45) is 2.11. The van der Waals surface area contributed by atoms with Crippen LogP contribution in [0, 0.1) is 6.92 Å². The van der Waals surface area contributed by atoms with Crippen molar-refractivity contribution in [3.63, 3.8) is 0 Å². The van der Waals surface area contributed by atoms with Crippen molar-refractivity contribution >= 4 is 17.2 Å². The van der Waals surface area contributed by atoms with Crippen LogP contribution in [0.25, 0.3) is 0 Å². The van der Waals surface area contributed by atoms with Gasteiger partial charge >= 0.3 is 0 Å². The summed E-state index contributed by atoms with van der Waals surface area (Å²) in [5, 5.41) is 6.51. The predicted octanol–water partition coefficient (Wildman–Crippen LogP) is 0.848. The average Bonchev–Trinajstić information content (AvgIpc) is 3.09. The smallest absolute Gasteiger partial charge is 0.240 e. The minimum absolute atomic E-state index is 0.0649. The number of hydrogen-bond acceptors (Lipinski definition) is 5. The van der Waals surface area contributed by atoms with Crippen molar-refractivity contribution in [1.82, 2.24) is 20.1 Å². The van der Waals surface area contributed by atoms with Crippen LogP contribution in [0.3, 0.4) is 0 Å². The van der Waals surface area contributed by atoms with Crippen molar-refractivity contribution in [3.8, 4) is 0 Å². The quantitative estimate of drug-likeness (QED) is 0.898. The molecule has 1 N–H and O–H groups in total. The maximum absolute atomic E-state index is 12.6. The van der Waals surface area contributed by atoms with Gasteiger partial charge in [0, 0.05) is 38.1 Å². The first-order valence-electron chi connectivity index (χ1n) is 7.38. The fraction of sp³-hybridized carbons (Fsp3) is 0.714. The number of nitrogens with zero attached hydrogens (tertiary/aromatic N) is 3. The van der Waals surface area contributed by atoms with E-state index in [9.17, 15) is 4.79 Å². The van der Waals surface area contributed by atoms with Crippen molar-refractivity contribution in [2.75, 3.05) is 32.7 Å². The second-order valence-electron chi connectivity index (χ2n) is 5.56. The van der Waals surface area contributed by atoms with Gasteiger partial charge in [-0.2, -0.15) is 0 Å². The minimum atomic E-state index is 0.0649. The summed E-state index contributed by atoms with van der Waals surface area (Å²) in [5.41, 5.74) is 1.10. The molecule has 0 aliphatic carbocycles. The Morgan fingerprint density at radius 2 is 2.25 bits per heavy atom. The number of carbonyl (C=O) groups excluding carboxylic acids is 1. The van der Waals surface area contributed by atoms with E-state index in [1.54, 1.807) is 11.3 Å². The summed E-state index contributed by atoms with van der Waals surface area (Å²) in [5.74, 6) is 0.316. The Labute approximate surface area is 124 Å². The Morgan fingerprint density at radius 3 is 2.95 bits per heavy atom. The zero-order valence-electron chi connectivity index (χ0n) is 12.0. The number of nitrogens with one attached hydrogen (secondary N) is 1. The molecule has 3 rings (SSSR count). The molecule has 1 atom stereocenters. The average molecular weight is 294 g/mol. The highest BCUT2D eigenvalue weighted by Gasteiger charge is 2.34. The lowest BCUT2D eigenvalue weighted by Crippen LogP contribution is -2.52. The van der Waals surface area contributed by atoms with Crippen molar-refractivity contribution < 1.29 is 4.79 Å². The van der Waals surface area contributed by atoms with Gasteiger partial charge in [0.25, 0.3) is 0 Å². The van der Waals surface area contributed by atoms with Gasteiger partial charge < -0.3 is 10.2 Å². The third kappa shape index (κ3) is 3.02. The first-order chi connectivity index (χ1) is 9.74. The van der Waals surface area contributed by atoms with Crippen LogP contribution in [-0.2, 0) is 11.3 Å². The molecule has 0 radical (unpaired) electrons. The summed E-state index contributed by atoms with van der Waals surface area (Å²) in [4.78, 5) is 21.5. The number of hydrogen-bond donors (Lipinski definition) is 1. The molecule has 2 aliphatic heterocycles. The van der Waals surface area contributed by atoms with Gasteiger partial charge in [-0.05, 0) is 26.3 Å². The Kier molecular flexibility index (Phi) is 4.33. The van der Waals surface area contributed by atoms with E-state index in [0.717, 1.165) is 62.8 Å². The van der Waals surface area contributed by atoms with E-state index in [0.29, 0.717) is 5.91 Å². The van der Waals surface area contributed by atoms with Crippen LogP contribution >= 0.6 is 11.3 Å². The molecule has 5 nitrogen and oxygen atoms in total. The molecule has 1 aromatic heterocycles. The van der Waals surface area contributed by atoms with Crippen molar-refractivity contribution in [2.24, 2.45) is 0 Å². The van der Waals surface area contributed by atoms with Crippen molar-refractivity contribution in [3.05, 3.63) is 16.1 Å². The molecule has 2 aliphatic rings. The second-order valence-corrected chi connectivity index (χ2v) is 6.62. The van der Waals surface area contributed by atoms with E-state index in [4.69, 9.17) is 0 Å². The lowest BCUT2D eigenvalue weighted by atomic mass is 10.1. The third-order valence-electron chi connectivity index (χ3n) is 4.11. The largest absolute Gasteiger partial charge is 0.339 e. The molecule has 0 saturated carbocycles. The lowest BCUT2D eigenvalue weighted by molar-refractivity contribution is -0.136. The summed E-state index contributed by atoms with van der Waals surface area (Å²) < 4.78 is 0. The fourth-order valence-electron chi connectivity index (χ4n) is 3.08. The van der Waals surface area contributed by atoms with Crippen LogP contribution < -0.4 is 5.32 Å². The summed E-state index contributed by atoms with van der Waals surface area (Å²) in [7, 11) is 0.